The van der Waals surface area contributed by atoms with E-state index in [0.29, 0.717) is 24.3 Å². The van der Waals surface area contributed by atoms with E-state index in [-0.39, 0.29) is 0 Å². The first-order valence-corrected chi connectivity index (χ1v) is 6.92. The number of hydrogen-bond acceptors (Lipinski definition) is 3. The monoisotopic (exact) mass is 320 g/mol. The molecule has 0 radical (unpaired) electrons. The van der Waals surface area contributed by atoms with E-state index in [9.17, 15) is 26.0 Å². The van der Waals surface area contributed by atoms with Crippen molar-refractivity contribution < 1.29 is 26.0 Å². The number of nitrogens with two attached hydrogens (primary N) is 1. The van der Waals surface area contributed by atoms with Gasteiger partial charge in [0, 0.05) is 6.07 Å². The summed E-state index contributed by atoms with van der Waals surface area (Å²) < 4.78 is 78.6. The molecule has 0 spiro atoms. The van der Waals surface area contributed by atoms with Crippen LogP contribution in [0, 0.1) is 23.3 Å². The van der Waals surface area contributed by atoms with Crippen LogP contribution >= 0.6 is 0 Å². The Hall–Kier alpha value is -2.29. The Morgan fingerprint density at radius 3 is 2.24 bits per heavy atom. The van der Waals surface area contributed by atoms with Gasteiger partial charge in [-0.2, -0.15) is 0 Å². The predicted molar refractivity (Wildman–Crippen MR) is 67.9 cm³/mol. The Bertz CT molecular complexity index is 809. The van der Waals surface area contributed by atoms with Crippen molar-refractivity contribution in [3.8, 4) is 0 Å². The quantitative estimate of drug-likeness (QED) is 0.674. The van der Waals surface area contributed by atoms with Crippen LogP contribution < -0.4 is 10.5 Å². The summed E-state index contributed by atoms with van der Waals surface area (Å²) in [6.45, 7) is 0. The molecule has 0 aromatic heterocycles. The van der Waals surface area contributed by atoms with Gasteiger partial charge in [-0.05, 0) is 24.3 Å². The third-order valence-electron chi connectivity index (χ3n) is 2.55. The number of anilines is 2. The highest BCUT2D eigenvalue weighted by molar-refractivity contribution is 7.92. The normalized spacial score (nSPS) is 11.4. The van der Waals surface area contributed by atoms with Crippen LogP contribution in [0.2, 0.25) is 0 Å². The Morgan fingerprint density at radius 2 is 1.57 bits per heavy atom. The molecule has 2 rings (SSSR count). The highest BCUT2D eigenvalue weighted by atomic mass is 32.2. The van der Waals surface area contributed by atoms with E-state index in [4.69, 9.17) is 5.73 Å². The number of halogens is 4. The lowest BCUT2D eigenvalue weighted by molar-refractivity contribution is 0.556. The number of nitrogen functional groups attached to an aromatic ring is 1. The molecular formula is C12H8F4N2O2S. The average Bonchev–Trinajstić information content (AvgIpc) is 2.39. The second-order valence-corrected chi connectivity index (χ2v) is 5.65. The maximum atomic E-state index is 13.7. The lowest BCUT2D eigenvalue weighted by Crippen LogP contribution is -2.17. The van der Waals surface area contributed by atoms with E-state index in [1.54, 1.807) is 4.72 Å². The van der Waals surface area contributed by atoms with E-state index in [2.05, 4.69) is 0 Å². The first-order valence-electron chi connectivity index (χ1n) is 5.43. The molecule has 4 nitrogen and oxygen atoms in total. The minimum Gasteiger partial charge on any atom is -0.394 e. The maximum Gasteiger partial charge on any atom is 0.264 e. The number of benzene rings is 2. The smallest absolute Gasteiger partial charge is 0.264 e. The fourth-order valence-corrected chi connectivity index (χ4v) is 2.68. The molecule has 0 aliphatic heterocycles. The van der Waals surface area contributed by atoms with Crippen molar-refractivity contribution in [2.75, 3.05) is 10.5 Å². The molecular weight excluding hydrogens is 312 g/mol. The van der Waals surface area contributed by atoms with E-state index in [1.165, 1.54) is 0 Å². The van der Waals surface area contributed by atoms with Crippen molar-refractivity contribution in [2.24, 2.45) is 0 Å². The van der Waals surface area contributed by atoms with Gasteiger partial charge in [0.15, 0.2) is 5.82 Å². The summed E-state index contributed by atoms with van der Waals surface area (Å²) in [5.74, 6) is -4.61. The molecule has 21 heavy (non-hydrogen) atoms. The number of sulfonamides is 1. The lowest BCUT2D eigenvalue weighted by atomic mass is 10.3. The fourth-order valence-electron chi connectivity index (χ4n) is 1.53. The summed E-state index contributed by atoms with van der Waals surface area (Å²) >= 11 is 0. The molecule has 0 aliphatic rings. The fraction of sp³-hybridized carbons (Fsp3) is 0. The van der Waals surface area contributed by atoms with Gasteiger partial charge >= 0.3 is 0 Å². The van der Waals surface area contributed by atoms with Gasteiger partial charge in [0.05, 0.1) is 5.69 Å². The lowest BCUT2D eigenvalue weighted by Gasteiger charge is -2.11. The van der Waals surface area contributed by atoms with E-state index in [1.807, 2.05) is 0 Å². The van der Waals surface area contributed by atoms with Crippen molar-refractivity contribution >= 4 is 21.4 Å². The van der Waals surface area contributed by atoms with Crippen LogP contribution in [0.25, 0.3) is 0 Å². The Kier molecular flexibility index (Phi) is 3.77. The zero-order chi connectivity index (χ0) is 15.8. The van der Waals surface area contributed by atoms with Gasteiger partial charge in [0.1, 0.15) is 28.0 Å². The topological polar surface area (TPSA) is 72.2 Å². The van der Waals surface area contributed by atoms with Gasteiger partial charge in [-0.1, -0.05) is 0 Å². The number of hydrogen-bond donors (Lipinski definition) is 2. The largest absolute Gasteiger partial charge is 0.394 e. The Morgan fingerprint density at radius 1 is 0.952 bits per heavy atom. The summed E-state index contributed by atoms with van der Waals surface area (Å²) in [5, 5.41) is 0. The third-order valence-corrected chi connectivity index (χ3v) is 3.94. The molecule has 0 amide bonds. The Labute approximate surface area is 117 Å². The second kappa shape index (κ2) is 5.24. The second-order valence-electron chi connectivity index (χ2n) is 4.00. The number of nitrogens with one attached hydrogen (secondary N) is 1. The molecule has 0 aliphatic carbocycles. The van der Waals surface area contributed by atoms with Crippen molar-refractivity contribution in [1.82, 2.24) is 0 Å². The average molecular weight is 320 g/mol. The molecule has 0 saturated carbocycles. The first kappa shape index (κ1) is 15.1. The van der Waals surface area contributed by atoms with Gasteiger partial charge in [-0.3, -0.25) is 4.72 Å². The SMILES string of the molecule is Nc1c(F)ccc(S(=O)(=O)Nc2cc(F)ccc2F)c1F. The molecule has 0 heterocycles. The third kappa shape index (κ3) is 2.92. The number of rotatable bonds is 3. The highest BCUT2D eigenvalue weighted by Crippen LogP contribution is 2.25. The Balaban J connectivity index is 2.49. The zero-order valence-electron chi connectivity index (χ0n) is 10.2. The standard InChI is InChI=1S/C12H8F4N2O2S/c13-6-1-2-7(14)9(5-6)18-21(19,20)10-4-3-8(15)12(17)11(10)16/h1-5,18H,17H2. The first-order chi connectivity index (χ1) is 9.72. The van der Waals surface area contributed by atoms with Crippen LogP contribution in [0.4, 0.5) is 28.9 Å². The molecule has 3 N–H and O–H groups in total. The van der Waals surface area contributed by atoms with Gasteiger partial charge in [0.25, 0.3) is 10.0 Å². The molecule has 0 unspecified atom stereocenters. The summed E-state index contributed by atoms with van der Waals surface area (Å²) in [6, 6.07) is 3.33. The predicted octanol–water partition coefficient (Wildman–Crippen LogP) is 2.63. The minimum atomic E-state index is -4.60. The van der Waals surface area contributed by atoms with Gasteiger partial charge in [-0.15, -0.1) is 0 Å². The van der Waals surface area contributed by atoms with Crippen LogP contribution in [0.1, 0.15) is 0 Å². The van der Waals surface area contributed by atoms with Crippen molar-refractivity contribution in [3.05, 3.63) is 53.6 Å². The van der Waals surface area contributed by atoms with Gasteiger partial charge in [-0.25, -0.2) is 26.0 Å². The summed E-state index contributed by atoms with van der Waals surface area (Å²) in [4.78, 5) is -0.981. The van der Waals surface area contributed by atoms with Crippen molar-refractivity contribution in [2.45, 2.75) is 4.90 Å². The molecule has 0 bridgehead atoms. The van der Waals surface area contributed by atoms with Crippen LogP contribution in [0.3, 0.4) is 0 Å². The zero-order valence-corrected chi connectivity index (χ0v) is 11.0. The highest BCUT2D eigenvalue weighted by Gasteiger charge is 2.23. The van der Waals surface area contributed by atoms with E-state index >= 15 is 0 Å². The van der Waals surface area contributed by atoms with E-state index in [0.717, 1.165) is 6.07 Å². The van der Waals surface area contributed by atoms with Crippen molar-refractivity contribution in [3.63, 3.8) is 0 Å². The maximum absolute atomic E-state index is 13.7. The van der Waals surface area contributed by atoms with Crippen LogP contribution in [-0.2, 0) is 10.0 Å². The van der Waals surface area contributed by atoms with Gasteiger partial charge in [0.2, 0.25) is 0 Å². The summed E-state index contributed by atoms with van der Waals surface area (Å²) in [6.07, 6.45) is 0. The summed E-state index contributed by atoms with van der Waals surface area (Å²) in [5.41, 5.74) is 3.35. The van der Waals surface area contributed by atoms with Crippen LogP contribution in [0.15, 0.2) is 35.2 Å². The molecule has 9 heteroatoms. The summed E-state index contributed by atoms with van der Waals surface area (Å²) in [7, 11) is -4.60. The van der Waals surface area contributed by atoms with Crippen LogP contribution in [0.5, 0.6) is 0 Å². The molecule has 112 valence electrons. The van der Waals surface area contributed by atoms with Crippen LogP contribution in [-0.4, -0.2) is 8.42 Å². The molecule has 2 aromatic rings. The minimum absolute atomic E-state index is 0.581. The van der Waals surface area contributed by atoms with E-state index < -0.39 is 49.6 Å². The molecule has 2 aromatic carbocycles. The van der Waals surface area contributed by atoms with Gasteiger partial charge < -0.3 is 5.73 Å². The van der Waals surface area contributed by atoms with Crippen molar-refractivity contribution in [1.29, 1.82) is 0 Å². The molecule has 0 fully saturated rings. The molecule has 0 saturated heterocycles. The molecule has 0 atom stereocenters.